The molecule has 0 heterocycles. The van der Waals surface area contributed by atoms with Crippen molar-refractivity contribution in [1.29, 1.82) is 0 Å². The number of rotatable bonds is 5. The van der Waals surface area contributed by atoms with E-state index in [-0.39, 0.29) is 4.99 Å². The summed E-state index contributed by atoms with van der Waals surface area (Å²) in [5.74, 6) is 2.43. The summed E-state index contributed by atoms with van der Waals surface area (Å²) in [5.41, 5.74) is 7.46. The second-order valence-corrected chi connectivity index (χ2v) is 4.92. The predicted octanol–water partition coefficient (Wildman–Crippen LogP) is 3.44. The van der Waals surface area contributed by atoms with E-state index in [4.69, 9.17) is 32.2 Å². The largest absolute Gasteiger partial charge is 0.497 e. The van der Waals surface area contributed by atoms with Crippen molar-refractivity contribution in [2.75, 3.05) is 14.2 Å². The van der Waals surface area contributed by atoms with Crippen LogP contribution >= 0.6 is 12.2 Å². The molecule has 0 aliphatic rings. The van der Waals surface area contributed by atoms with Crippen LogP contribution in [0.25, 0.3) is 0 Å². The van der Waals surface area contributed by atoms with Crippen molar-refractivity contribution >= 4 is 17.2 Å². The summed E-state index contributed by atoms with van der Waals surface area (Å²) in [6.45, 7) is 1.98. The van der Waals surface area contributed by atoms with Gasteiger partial charge < -0.3 is 19.9 Å². The normalized spacial score (nSPS) is 10.0. The van der Waals surface area contributed by atoms with Gasteiger partial charge in [-0.25, -0.2) is 0 Å². The molecule has 0 spiro atoms. The van der Waals surface area contributed by atoms with Crippen LogP contribution in [0.15, 0.2) is 36.4 Å². The second kappa shape index (κ2) is 6.45. The molecule has 0 aliphatic heterocycles. The molecule has 2 aromatic rings. The zero-order chi connectivity index (χ0) is 15.4. The number of ether oxygens (including phenoxy) is 3. The van der Waals surface area contributed by atoms with Crippen molar-refractivity contribution in [1.82, 2.24) is 0 Å². The molecular weight excluding hydrogens is 286 g/mol. The summed E-state index contributed by atoms with van der Waals surface area (Å²) < 4.78 is 16.5. The number of hydrogen-bond donors (Lipinski definition) is 1. The number of nitrogens with two attached hydrogens (primary N) is 1. The fraction of sp³-hybridized carbons (Fsp3) is 0.188. The number of methoxy groups -OCH3 is 2. The molecule has 0 unspecified atom stereocenters. The van der Waals surface area contributed by atoms with E-state index >= 15 is 0 Å². The lowest BCUT2D eigenvalue weighted by Crippen LogP contribution is -2.11. The molecule has 110 valence electrons. The summed E-state index contributed by atoms with van der Waals surface area (Å²) in [7, 11) is 3.19. The minimum atomic E-state index is 0.263. The third-order valence-electron chi connectivity index (χ3n) is 2.99. The summed E-state index contributed by atoms with van der Waals surface area (Å²) in [4.78, 5) is 0.263. The Morgan fingerprint density at radius 3 is 2.33 bits per heavy atom. The third kappa shape index (κ3) is 3.44. The van der Waals surface area contributed by atoms with Gasteiger partial charge in [0.15, 0.2) is 11.5 Å². The molecule has 0 saturated heterocycles. The van der Waals surface area contributed by atoms with Gasteiger partial charge in [0.05, 0.1) is 19.8 Å². The standard InChI is InChI=1S/C16H17NO3S/c1-10-4-7-13(15(8-10)19-3)20-14-9-11(18-2)5-6-12(14)16(17)21/h4-9H,1-3H3,(H2,17,21). The molecule has 2 rings (SSSR count). The Balaban J connectivity index is 2.45. The molecule has 5 heteroatoms. The van der Waals surface area contributed by atoms with Crippen molar-refractivity contribution in [3.63, 3.8) is 0 Å². The Morgan fingerprint density at radius 2 is 1.71 bits per heavy atom. The zero-order valence-corrected chi connectivity index (χ0v) is 13.0. The van der Waals surface area contributed by atoms with Crippen molar-refractivity contribution < 1.29 is 14.2 Å². The Bertz CT molecular complexity index is 671. The average molecular weight is 303 g/mol. The topological polar surface area (TPSA) is 53.7 Å². The molecule has 0 aromatic heterocycles. The van der Waals surface area contributed by atoms with Crippen molar-refractivity contribution in [2.24, 2.45) is 5.73 Å². The summed E-state index contributed by atoms with van der Waals surface area (Å²) in [6, 6.07) is 11.0. The van der Waals surface area contributed by atoms with E-state index in [1.54, 1.807) is 32.4 Å². The van der Waals surface area contributed by atoms with Crippen LogP contribution in [0, 0.1) is 6.92 Å². The van der Waals surface area contributed by atoms with Gasteiger partial charge in [-0.15, -0.1) is 0 Å². The van der Waals surface area contributed by atoms with Gasteiger partial charge in [-0.05, 0) is 36.8 Å². The number of hydrogen-bond acceptors (Lipinski definition) is 4. The highest BCUT2D eigenvalue weighted by Gasteiger charge is 2.12. The fourth-order valence-electron chi connectivity index (χ4n) is 1.90. The lowest BCUT2D eigenvalue weighted by Gasteiger charge is -2.14. The summed E-state index contributed by atoms with van der Waals surface area (Å²) in [6.07, 6.45) is 0. The summed E-state index contributed by atoms with van der Waals surface area (Å²) in [5, 5.41) is 0. The molecule has 2 N–H and O–H groups in total. The Morgan fingerprint density at radius 1 is 0.952 bits per heavy atom. The van der Waals surface area contributed by atoms with Gasteiger partial charge in [0.2, 0.25) is 0 Å². The van der Waals surface area contributed by atoms with E-state index < -0.39 is 0 Å². The quantitative estimate of drug-likeness (QED) is 0.858. The van der Waals surface area contributed by atoms with Gasteiger partial charge in [0.1, 0.15) is 16.5 Å². The van der Waals surface area contributed by atoms with Crippen molar-refractivity contribution in [3.8, 4) is 23.0 Å². The molecule has 21 heavy (non-hydrogen) atoms. The zero-order valence-electron chi connectivity index (χ0n) is 12.2. The molecular formula is C16H17NO3S. The lowest BCUT2D eigenvalue weighted by molar-refractivity contribution is 0.375. The first-order valence-electron chi connectivity index (χ1n) is 6.35. The Kier molecular flexibility index (Phi) is 4.65. The molecule has 0 fully saturated rings. The third-order valence-corrected chi connectivity index (χ3v) is 3.21. The van der Waals surface area contributed by atoms with Crippen LogP contribution in [-0.4, -0.2) is 19.2 Å². The maximum absolute atomic E-state index is 5.92. The molecule has 0 radical (unpaired) electrons. The molecule has 0 aliphatic carbocycles. The van der Waals surface area contributed by atoms with Crippen LogP contribution in [-0.2, 0) is 0 Å². The average Bonchev–Trinajstić information content (AvgIpc) is 2.48. The van der Waals surface area contributed by atoms with Gasteiger partial charge >= 0.3 is 0 Å². The molecule has 0 atom stereocenters. The van der Waals surface area contributed by atoms with Gasteiger partial charge in [-0.2, -0.15) is 0 Å². The van der Waals surface area contributed by atoms with Crippen LogP contribution in [0.1, 0.15) is 11.1 Å². The minimum absolute atomic E-state index is 0.263. The predicted molar refractivity (Wildman–Crippen MR) is 86.7 cm³/mol. The molecule has 2 aromatic carbocycles. The molecule has 4 nitrogen and oxygen atoms in total. The number of aryl methyl sites for hydroxylation is 1. The van der Waals surface area contributed by atoms with Crippen LogP contribution in [0.5, 0.6) is 23.0 Å². The van der Waals surface area contributed by atoms with E-state index in [0.29, 0.717) is 28.6 Å². The second-order valence-electron chi connectivity index (χ2n) is 4.48. The molecule has 0 bridgehead atoms. The fourth-order valence-corrected chi connectivity index (χ4v) is 2.06. The van der Waals surface area contributed by atoms with E-state index in [0.717, 1.165) is 5.56 Å². The number of thiocarbonyl (C=S) groups is 1. The van der Waals surface area contributed by atoms with Crippen LogP contribution in [0.4, 0.5) is 0 Å². The first-order chi connectivity index (χ1) is 10.0. The molecule has 0 saturated carbocycles. The maximum atomic E-state index is 5.92. The van der Waals surface area contributed by atoms with Crippen molar-refractivity contribution in [3.05, 3.63) is 47.5 Å². The van der Waals surface area contributed by atoms with Gasteiger partial charge in [-0.3, -0.25) is 0 Å². The highest BCUT2D eigenvalue weighted by Crippen LogP contribution is 2.35. The van der Waals surface area contributed by atoms with Gasteiger partial charge in [-0.1, -0.05) is 18.3 Å². The van der Waals surface area contributed by atoms with E-state index in [1.807, 2.05) is 25.1 Å². The first-order valence-corrected chi connectivity index (χ1v) is 6.76. The highest BCUT2D eigenvalue weighted by molar-refractivity contribution is 7.80. The summed E-state index contributed by atoms with van der Waals surface area (Å²) >= 11 is 5.05. The monoisotopic (exact) mass is 303 g/mol. The maximum Gasteiger partial charge on any atom is 0.169 e. The Labute approximate surface area is 129 Å². The number of benzene rings is 2. The van der Waals surface area contributed by atoms with Crippen LogP contribution in [0.3, 0.4) is 0 Å². The SMILES string of the molecule is COc1ccc(C(N)=S)c(Oc2ccc(C)cc2OC)c1. The van der Waals surface area contributed by atoms with Crippen LogP contribution in [0.2, 0.25) is 0 Å². The minimum Gasteiger partial charge on any atom is -0.497 e. The lowest BCUT2D eigenvalue weighted by atomic mass is 10.2. The van der Waals surface area contributed by atoms with E-state index in [1.165, 1.54) is 0 Å². The van der Waals surface area contributed by atoms with Crippen LogP contribution < -0.4 is 19.9 Å². The highest BCUT2D eigenvalue weighted by atomic mass is 32.1. The first kappa shape index (κ1) is 15.1. The Hall–Kier alpha value is -2.27. The molecule has 0 amide bonds. The smallest absolute Gasteiger partial charge is 0.169 e. The van der Waals surface area contributed by atoms with Crippen molar-refractivity contribution in [2.45, 2.75) is 6.92 Å². The van der Waals surface area contributed by atoms with Gasteiger partial charge in [0, 0.05) is 6.07 Å². The van der Waals surface area contributed by atoms with Gasteiger partial charge in [0.25, 0.3) is 0 Å². The van der Waals surface area contributed by atoms with E-state index in [9.17, 15) is 0 Å². The van der Waals surface area contributed by atoms with E-state index in [2.05, 4.69) is 0 Å².